The Bertz CT molecular complexity index is 785. The number of carbonyl (C=O) groups excluding carboxylic acids is 1. The molecule has 1 aliphatic rings. The number of benzene rings is 1. The van der Waals surface area contributed by atoms with Gasteiger partial charge in [0.05, 0.1) is 16.3 Å². The predicted molar refractivity (Wildman–Crippen MR) is 102 cm³/mol. The summed E-state index contributed by atoms with van der Waals surface area (Å²) < 4.78 is 7.27. The molecule has 0 bridgehead atoms. The zero-order chi connectivity index (χ0) is 18.7. The van der Waals surface area contributed by atoms with E-state index in [4.69, 9.17) is 27.9 Å². The summed E-state index contributed by atoms with van der Waals surface area (Å²) in [5.41, 5.74) is 1.17. The Morgan fingerprint density at radius 3 is 2.50 bits per heavy atom. The first kappa shape index (κ1) is 19.0. The van der Waals surface area contributed by atoms with Crippen molar-refractivity contribution < 1.29 is 9.53 Å². The van der Waals surface area contributed by atoms with E-state index >= 15 is 0 Å². The molecule has 2 heterocycles. The minimum atomic E-state index is -0.0485. The number of nitrogens with zero attached hydrogens (tertiary/aromatic N) is 4. The summed E-state index contributed by atoms with van der Waals surface area (Å²) in [6.45, 7) is 6.08. The molecule has 26 heavy (non-hydrogen) atoms. The monoisotopic (exact) mass is 396 g/mol. The maximum Gasteiger partial charge on any atom is 0.258 e. The molecule has 0 radical (unpaired) electrons. The zero-order valence-electron chi connectivity index (χ0n) is 14.9. The Labute approximate surface area is 163 Å². The average Bonchev–Trinajstić information content (AvgIpc) is 2.89. The lowest BCUT2D eigenvalue weighted by Crippen LogP contribution is -2.49. The van der Waals surface area contributed by atoms with Crippen LogP contribution in [0.25, 0.3) is 0 Å². The number of carbonyl (C=O) groups is 1. The zero-order valence-corrected chi connectivity index (χ0v) is 16.4. The summed E-state index contributed by atoms with van der Waals surface area (Å²) >= 11 is 12.3. The summed E-state index contributed by atoms with van der Waals surface area (Å²) in [6.07, 6.45) is 0. The molecular formula is C18H22Cl2N4O2. The molecule has 1 aromatic heterocycles. The van der Waals surface area contributed by atoms with Crippen LogP contribution in [0, 0.1) is 6.92 Å². The first-order valence-corrected chi connectivity index (χ1v) is 9.31. The Balaban J connectivity index is 1.48. The highest BCUT2D eigenvalue weighted by Gasteiger charge is 2.27. The number of aryl methyl sites for hydroxylation is 2. The minimum Gasteiger partial charge on any atom is -0.491 e. The average molecular weight is 397 g/mol. The molecule has 1 amide bonds. The van der Waals surface area contributed by atoms with Crippen molar-refractivity contribution in [3.05, 3.63) is 45.7 Å². The number of piperazine rings is 1. The van der Waals surface area contributed by atoms with Crippen molar-refractivity contribution in [2.45, 2.75) is 6.92 Å². The Morgan fingerprint density at radius 2 is 1.88 bits per heavy atom. The van der Waals surface area contributed by atoms with E-state index in [1.54, 1.807) is 14.0 Å². The molecule has 1 aliphatic heterocycles. The van der Waals surface area contributed by atoms with Gasteiger partial charge in [0.25, 0.3) is 5.91 Å². The summed E-state index contributed by atoms with van der Waals surface area (Å²) in [7, 11) is 1.74. The fourth-order valence-electron chi connectivity index (χ4n) is 3.05. The van der Waals surface area contributed by atoms with Crippen LogP contribution in [0.5, 0.6) is 5.75 Å². The van der Waals surface area contributed by atoms with Gasteiger partial charge in [-0.2, -0.15) is 5.10 Å². The van der Waals surface area contributed by atoms with Gasteiger partial charge in [0.2, 0.25) is 0 Å². The van der Waals surface area contributed by atoms with Gasteiger partial charge in [-0.3, -0.25) is 14.4 Å². The molecule has 2 aromatic rings. The Kier molecular flexibility index (Phi) is 6.06. The number of hydrogen-bond donors (Lipinski definition) is 0. The highest BCUT2D eigenvalue weighted by molar-refractivity contribution is 6.33. The number of para-hydroxylation sites is 1. The fraction of sp³-hybridized carbons (Fsp3) is 0.444. The third-order valence-corrected chi connectivity index (χ3v) is 5.27. The highest BCUT2D eigenvalue weighted by Crippen LogP contribution is 2.23. The lowest BCUT2D eigenvalue weighted by molar-refractivity contribution is 0.0619. The molecule has 1 aromatic carbocycles. The fourth-order valence-corrected chi connectivity index (χ4v) is 3.50. The normalized spacial score (nSPS) is 15.3. The number of ether oxygens (including phenoxy) is 1. The van der Waals surface area contributed by atoms with Crippen molar-refractivity contribution >= 4 is 29.1 Å². The first-order chi connectivity index (χ1) is 12.5. The number of aromatic nitrogens is 2. The smallest absolute Gasteiger partial charge is 0.258 e. The molecule has 0 atom stereocenters. The van der Waals surface area contributed by atoms with Gasteiger partial charge in [-0.05, 0) is 19.1 Å². The van der Waals surface area contributed by atoms with Crippen LogP contribution in [-0.4, -0.2) is 64.8 Å². The Morgan fingerprint density at radius 1 is 1.19 bits per heavy atom. The second kappa shape index (κ2) is 8.29. The van der Waals surface area contributed by atoms with E-state index in [1.807, 2.05) is 29.2 Å². The quantitative estimate of drug-likeness (QED) is 0.779. The van der Waals surface area contributed by atoms with Gasteiger partial charge in [0, 0.05) is 39.8 Å². The van der Waals surface area contributed by atoms with Crippen molar-refractivity contribution in [1.82, 2.24) is 19.6 Å². The van der Waals surface area contributed by atoms with Crippen LogP contribution in [-0.2, 0) is 7.05 Å². The van der Waals surface area contributed by atoms with Gasteiger partial charge in [0.15, 0.2) is 0 Å². The van der Waals surface area contributed by atoms with Crippen LogP contribution >= 0.6 is 23.2 Å². The van der Waals surface area contributed by atoms with E-state index in [9.17, 15) is 4.79 Å². The standard InChI is InChI=1S/C18H22Cl2N4O2/c1-13-16(17(20)22(2)21-13)18(25)24-9-7-23(8-10-24)11-12-26-15-6-4-3-5-14(15)19/h3-6H,7-12H2,1-2H3. The van der Waals surface area contributed by atoms with E-state index in [0.29, 0.717) is 46.9 Å². The minimum absolute atomic E-state index is 0.0485. The van der Waals surface area contributed by atoms with Crippen molar-refractivity contribution in [3.8, 4) is 5.75 Å². The third-order valence-electron chi connectivity index (χ3n) is 4.53. The van der Waals surface area contributed by atoms with Crippen LogP contribution in [0.2, 0.25) is 10.2 Å². The maximum absolute atomic E-state index is 12.7. The lowest BCUT2D eigenvalue weighted by atomic mass is 10.2. The molecule has 140 valence electrons. The first-order valence-electron chi connectivity index (χ1n) is 8.55. The Hall–Kier alpha value is -1.76. The van der Waals surface area contributed by atoms with E-state index < -0.39 is 0 Å². The topological polar surface area (TPSA) is 50.6 Å². The van der Waals surface area contributed by atoms with Crippen LogP contribution in [0.1, 0.15) is 16.1 Å². The van der Waals surface area contributed by atoms with Crippen LogP contribution in [0.15, 0.2) is 24.3 Å². The summed E-state index contributed by atoms with van der Waals surface area (Å²) in [5.74, 6) is 0.650. The second-order valence-corrected chi connectivity index (χ2v) is 7.05. The van der Waals surface area contributed by atoms with Gasteiger partial charge in [-0.15, -0.1) is 0 Å². The van der Waals surface area contributed by atoms with Crippen molar-refractivity contribution in [2.75, 3.05) is 39.3 Å². The molecular weight excluding hydrogens is 375 g/mol. The second-order valence-electron chi connectivity index (χ2n) is 6.29. The molecule has 8 heteroatoms. The SMILES string of the molecule is Cc1nn(C)c(Cl)c1C(=O)N1CCN(CCOc2ccccc2Cl)CC1. The van der Waals surface area contributed by atoms with E-state index in [0.717, 1.165) is 19.6 Å². The molecule has 0 unspecified atom stereocenters. The number of amides is 1. The molecule has 0 N–H and O–H groups in total. The maximum atomic E-state index is 12.7. The van der Waals surface area contributed by atoms with E-state index in [2.05, 4.69) is 10.00 Å². The van der Waals surface area contributed by atoms with Crippen molar-refractivity contribution in [2.24, 2.45) is 7.05 Å². The number of halogens is 2. The van der Waals surface area contributed by atoms with E-state index in [1.165, 1.54) is 4.68 Å². The van der Waals surface area contributed by atoms with Crippen molar-refractivity contribution in [3.63, 3.8) is 0 Å². The van der Waals surface area contributed by atoms with E-state index in [-0.39, 0.29) is 5.91 Å². The molecule has 1 fully saturated rings. The molecule has 0 spiro atoms. The highest BCUT2D eigenvalue weighted by atomic mass is 35.5. The van der Waals surface area contributed by atoms with Gasteiger partial charge in [-0.1, -0.05) is 35.3 Å². The molecule has 3 rings (SSSR count). The number of hydrogen-bond acceptors (Lipinski definition) is 4. The lowest BCUT2D eigenvalue weighted by Gasteiger charge is -2.34. The number of rotatable bonds is 5. The third kappa shape index (κ3) is 4.14. The van der Waals surface area contributed by atoms with Gasteiger partial charge in [-0.25, -0.2) is 0 Å². The van der Waals surface area contributed by atoms with Crippen molar-refractivity contribution in [1.29, 1.82) is 0 Å². The molecule has 6 nitrogen and oxygen atoms in total. The van der Waals surface area contributed by atoms with Gasteiger partial charge in [0.1, 0.15) is 17.5 Å². The van der Waals surface area contributed by atoms with Crippen LogP contribution in [0.3, 0.4) is 0 Å². The summed E-state index contributed by atoms with van der Waals surface area (Å²) in [4.78, 5) is 16.8. The molecule has 1 saturated heterocycles. The largest absolute Gasteiger partial charge is 0.491 e. The van der Waals surface area contributed by atoms with Crippen LogP contribution < -0.4 is 4.74 Å². The van der Waals surface area contributed by atoms with Gasteiger partial charge < -0.3 is 9.64 Å². The summed E-state index contributed by atoms with van der Waals surface area (Å²) in [6, 6.07) is 7.45. The molecule has 0 aliphatic carbocycles. The molecule has 0 saturated carbocycles. The van der Waals surface area contributed by atoms with Gasteiger partial charge >= 0.3 is 0 Å². The van der Waals surface area contributed by atoms with Crippen LogP contribution in [0.4, 0.5) is 0 Å². The predicted octanol–water partition coefficient (Wildman–Crippen LogP) is 2.87. The summed E-state index contributed by atoms with van der Waals surface area (Å²) in [5, 5.41) is 5.23.